The molecule has 47 heavy (non-hydrogen) atoms. The van der Waals surface area contributed by atoms with Crippen molar-refractivity contribution in [2.75, 3.05) is 26.1 Å². The van der Waals surface area contributed by atoms with Crippen molar-refractivity contribution in [3.8, 4) is 17.6 Å². The number of H-pyrrole nitrogens is 1. The van der Waals surface area contributed by atoms with Crippen molar-refractivity contribution in [1.82, 2.24) is 9.71 Å². The molecule has 1 unspecified atom stereocenters. The van der Waals surface area contributed by atoms with Crippen molar-refractivity contribution in [2.45, 2.75) is 62.4 Å². The number of nitrogens with one attached hydrogen (secondary N) is 3. The number of fused-ring (bicyclic) bond motifs is 1. The van der Waals surface area contributed by atoms with Gasteiger partial charge in [0.15, 0.2) is 0 Å². The summed E-state index contributed by atoms with van der Waals surface area (Å²) in [6.45, 7) is 2.57. The second kappa shape index (κ2) is 15.2. The van der Waals surface area contributed by atoms with Crippen LogP contribution >= 0.6 is 0 Å². The molecule has 0 aliphatic heterocycles. The van der Waals surface area contributed by atoms with Crippen LogP contribution in [-0.4, -0.2) is 52.3 Å². The van der Waals surface area contributed by atoms with Crippen LogP contribution in [0.15, 0.2) is 71.8 Å². The van der Waals surface area contributed by atoms with E-state index in [1.165, 1.54) is 19.2 Å². The van der Waals surface area contributed by atoms with Crippen LogP contribution in [0.2, 0.25) is 0 Å². The first-order valence-corrected chi connectivity index (χ1v) is 17.1. The molecule has 4 aromatic rings. The molecule has 0 spiro atoms. The van der Waals surface area contributed by atoms with E-state index in [-0.39, 0.29) is 22.5 Å². The van der Waals surface area contributed by atoms with Gasteiger partial charge in [0.1, 0.15) is 16.7 Å². The zero-order valence-electron chi connectivity index (χ0n) is 26.7. The van der Waals surface area contributed by atoms with Crippen molar-refractivity contribution >= 4 is 38.6 Å². The predicted octanol–water partition coefficient (Wildman–Crippen LogP) is 6.72. The van der Waals surface area contributed by atoms with E-state index < -0.39 is 22.0 Å². The molecule has 1 aliphatic carbocycles. The summed E-state index contributed by atoms with van der Waals surface area (Å²) in [6, 6.07) is 16.8. The number of carbonyl (C=O) groups excluding carboxylic acids is 2. The largest absolute Gasteiger partial charge is 0.496 e. The quantitative estimate of drug-likeness (QED) is 0.120. The number of anilines is 1. The Balaban J connectivity index is 1.33. The number of methoxy groups -OCH3 is 2. The minimum Gasteiger partial charge on any atom is -0.496 e. The number of aromatic amines is 1. The first-order chi connectivity index (χ1) is 22.7. The average Bonchev–Trinajstić information content (AvgIpc) is 3.74. The van der Waals surface area contributed by atoms with E-state index in [2.05, 4.69) is 26.9 Å². The SMILES string of the molecule is COCCCC#Cc1ccccc1S(=O)(=O)NC(=O)c1ccc(C(C)c2c[nH]c3ccc(NC(=O)OC4CCCC4)cc23)c(OC)c1. The maximum Gasteiger partial charge on any atom is 0.411 e. The molecule has 3 aromatic carbocycles. The van der Waals surface area contributed by atoms with Crippen molar-refractivity contribution in [3.05, 3.63) is 89.1 Å². The lowest BCUT2D eigenvalue weighted by Crippen LogP contribution is -2.31. The molecule has 10 nitrogen and oxygen atoms in total. The van der Waals surface area contributed by atoms with Gasteiger partial charge in [0.25, 0.3) is 15.9 Å². The number of hydrogen-bond donors (Lipinski definition) is 3. The molecule has 0 saturated heterocycles. The van der Waals surface area contributed by atoms with E-state index in [0.717, 1.165) is 54.1 Å². The Morgan fingerprint density at radius 3 is 2.57 bits per heavy atom. The molecule has 1 aliphatic rings. The van der Waals surface area contributed by atoms with Gasteiger partial charge in [0.2, 0.25) is 0 Å². The van der Waals surface area contributed by atoms with E-state index in [1.54, 1.807) is 37.4 Å². The van der Waals surface area contributed by atoms with Gasteiger partial charge in [-0.2, -0.15) is 0 Å². The van der Waals surface area contributed by atoms with E-state index in [0.29, 0.717) is 30.0 Å². The van der Waals surface area contributed by atoms with Gasteiger partial charge in [-0.15, -0.1) is 0 Å². The molecule has 1 fully saturated rings. The third-order valence-corrected chi connectivity index (χ3v) is 9.63. The number of rotatable bonds is 11. The van der Waals surface area contributed by atoms with Gasteiger partial charge < -0.3 is 19.2 Å². The van der Waals surface area contributed by atoms with Crippen LogP contribution in [0.5, 0.6) is 5.75 Å². The summed E-state index contributed by atoms with van der Waals surface area (Å²) in [5, 5.41) is 3.75. The molecule has 0 radical (unpaired) electrons. The minimum atomic E-state index is -4.22. The minimum absolute atomic E-state index is 0.0364. The summed E-state index contributed by atoms with van der Waals surface area (Å²) < 4.78 is 45.0. The Hall–Kier alpha value is -4.79. The lowest BCUT2D eigenvalue weighted by molar-refractivity contribution is 0.0980. The van der Waals surface area contributed by atoms with Crippen LogP contribution in [0, 0.1) is 11.8 Å². The van der Waals surface area contributed by atoms with Crippen LogP contribution in [-0.2, 0) is 19.5 Å². The monoisotopic (exact) mass is 657 g/mol. The third-order valence-electron chi connectivity index (χ3n) is 8.24. The number of carbonyl (C=O) groups is 2. The summed E-state index contributed by atoms with van der Waals surface area (Å²) in [4.78, 5) is 28.9. The lowest BCUT2D eigenvalue weighted by atomic mass is 9.91. The normalized spacial score (nSPS) is 13.9. The van der Waals surface area contributed by atoms with Gasteiger partial charge in [-0.3, -0.25) is 10.1 Å². The van der Waals surface area contributed by atoms with Gasteiger partial charge in [-0.05, 0) is 80.1 Å². The molecule has 246 valence electrons. The second-order valence-corrected chi connectivity index (χ2v) is 13.1. The number of sulfonamides is 1. The van der Waals surface area contributed by atoms with Gasteiger partial charge in [-0.1, -0.05) is 37.0 Å². The third kappa shape index (κ3) is 8.14. The van der Waals surface area contributed by atoms with Crippen LogP contribution in [0.25, 0.3) is 10.9 Å². The highest BCUT2D eigenvalue weighted by atomic mass is 32.2. The number of unbranched alkanes of at least 4 members (excludes halogenated alkanes) is 1. The van der Waals surface area contributed by atoms with Crippen LogP contribution < -0.4 is 14.8 Å². The van der Waals surface area contributed by atoms with Crippen molar-refractivity contribution < 1.29 is 32.2 Å². The molecule has 1 aromatic heterocycles. The average molecular weight is 658 g/mol. The number of amides is 2. The summed E-state index contributed by atoms with van der Waals surface area (Å²) in [6.07, 6.45) is 6.60. The van der Waals surface area contributed by atoms with E-state index in [1.807, 2.05) is 31.3 Å². The fraction of sp³-hybridized carbons (Fsp3) is 0.333. The Labute approximate surface area is 275 Å². The fourth-order valence-electron chi connectivity index (χ4n) is 5.76. The summed E-state index contributed by atoms with van der Waals surface area (Å²) in [5.41, 5.74) is 3.67. The maximum atomic E-state index is 13.3. The summed E-state index contributed by atoms with van der Waals surface area (Å²) in [7, 11) is -1.11. The fourth-order valence-corrected chi connectivity index (χ4v) is 6.90. The lowest BCUT2D eigenvalue weighted by Gasteiger charge is -2.17. The molecule has 11 heteroatoms. The standard InChI is InChI=1S/C36H39N3O7S/c1-24(31-23-37-32-19-17-27(22-30(31)32)38-36(41)46-28-13-7-8-14-28)29-18-16-26(21-33(29)45-3)35(40)39-47(42,43)34-15-9-6-12-25(34)11-5-4-10-20-44-2/h6,9,12,15-19,21-24,28,37H,4,7-8,10,13-14,20H2,1-3H3,(H,38,41)(H,39,40). The van der Waals surface area contributed by atoms with Gasteiger partial charge in [0.05, 0.1) is 7.11 Å². The molecule has 1 heterocycles. The second-order valence-electron chi connectivity index (χ2n) is 11.4. The Bertz CT molecular complexity index is 1920. The van der Waals surface area contributed by atoms with E-state index >= 15 is 0 Å². The van der Waals surface area contributed by atoms with E-state index in [9.17, 15) is 18.0 Å². The van der Waals surface area contributed by atoms with Gasteiger partial charge in [0, 0.05) is 65.5 Å². The molecule has 0 bridgehead atoms. The first kappa shape index (κ1) is 33.6. The zero-order valence-corrected chi connectivity index (χ0v) is 27.5. The Morgan fingerprint density at radius 1 is 1.02 bits per heavy atom. The van der Waals surface area contributed by atoms with Gasteiger partial charge in [-0.25, -0.2) is 17.9 Å². The van der Waals surface area contributed by atoms with Crippen LogP contribution in [0.3, 0.4) is 0 Å². The van der Waals surface area contributed by atoms with Crippen molar-refractivity contribution in [3.63, 3.8) is 0 Å². The molecule has 1 atom stereocenters. The summed E-state index contributed by atoms with van der Waals surface area (Å²) >= 11 is 0. The van der Waals surface area contributed by atoms with Gasteiger partial charge >= 0.3 is 6.09 Å². The highest BCUT2D eigenvalue weighted by Crippen LogP contribution is 2.37. The zero-order chi connectivity index (χ0) is 33.4. The van der Waals surface area contributed by atoms with E-state index in [4.69, 9.17) is 14.2 Å². The molecular weight excluding hydrogens is 618 g/mol. The number of ether oxygens (including phenoxy) is 3. The summed E-state index contributed by atoms with van der Waals surface area (Å²) in [5.74, 6) is 5.30. The van der Waals surface area contributed by atoms with Crippen LogP contribution in [0.1, 0.15) is 78.4 Å². The molecule has 5 rings (SSSR count). The van der Waals surface area contributed by atoms with Crippen LogP contribution in [0.4, 0.5) is 10.5 Å². The smallest absolute Gasteiger partial charge is 0.411 e. The molecular formula is C36H39N3O7S. The topological polar surface area (TPSA) is 136 Å². The molecule has 3 N–H and O–H groups in total. The number of hydrogen-bond acceptors (Lipinski definition) is 7. The predicted molar refractivity (Wildman–Crippen MR) is 180 cm³/mol. The maximum absolute atomic E-state index is 13.3. The van der Waals surface area contributed by atoms with Crippen molar-refractivity contribution in [1.29, 1.82) is 0 Å². The Kier molecular flexibility index (Phi) is 10.9. The van der Waals surface area contributed by atoms with Crippen molar-refractivity contribution in [2.24, 2.45) is 0 Å². The Morgan fingerprint density at radius 2 is 1.81 bits per heavy atom. The highest BCUT2D eigenvalue weighted by molar-refractivity contribution is 7.90. The number of aromatic nitrogens is 1. The highest BCUT2D eigenvalue weighted by Gasteiger charge is 2.24. The molecule has 2 amide bonds. The molecule has 1 saturated carbocycles. The first-order valence-electron chi connectivity index (χ1n) is 15.6. The number of benzene rings is 3.